The van der Waals surface area contributed by atoms with Crippen molar-refractivity contribution >= 4 is 0 Å². The van der Waals surface area contributed by atoms with Crippen molar-refractivity contribution in [3.8, 4) is 0 Å². The molecule has 1 saturated heterocycles. The number of hydrogen-bond acceptors (Lipinski definition) is 1. The van der Waals surface area contributed by atoms with E-state index in [2.05, 4.69) is 18.9 Å². The fraction of sp³-hybridized carbons (Fsp3) is 1.00. The molecule has 3 aliphatic rings. The maximum atomic E-state index is 2.58. The zero-order chi connectivity index (χ0) is 8.29. The Kier molecular flexibility index (Phi) is 1.39. The number of hydrogen-bond donors (Lipinski definition) is 0. The molecular weight excluding hydrogens is 146 g/mol. The Bertz CT molecular complexity index is 199. The molecule has 12 heavy (non-hydrogen) atoms. The summed E-state index contributed by atoms with van der Waals surface area (Å²) in [6.07, 6.45) is 4.67. The Balaban J connectivity index is 1.90. The predicted molar refractivity (Wildman–Crippen MR) is 49.9 cm³/mol. The van der Waals surface area contributed by atoms with Gasteiger partial charge in [0.2, 0.25) is 0 Å². The first-order chi connectivity index (χ1) is 5.77. The quantitative estimate of drug-likeness (QED) is 0.530. The number of nitrogens with zero attached hydrogens (tertiary/aromatic N) is 1. The molecule has 1 aliphatic heterocycles. The van der Waals surface area contributed by atoms with E-state index >= 15 is 0 Å². The first-order valence-corrected chi connectivity index (χ1v) is 5.47. The van der Waals surface area contributed by atoms with E-state index in [1.54, 1.807) is 19.3 Å². The third-order valence-corrected chi connectivity index (χ3v) is 4.91. The Hall–Kier alpha value is -0.0400. The number of likely N-dealkylation sites (tertiary alicyclic amines) is 1. The summed E-state index contributed by atoms with van der Waals surface area (Å²) in [5, 5.41) is 0. The third-order valence-electron chi connectivity index (χ3n) is 4.91. The van der Waals surface area contributed by atoms with E-state index in [9.17, 15) is 0 Å². The SMILES string of the molecule is CC1[C@H]2C3CCC(C3)[C@H]2CN1C. The lowest BCUT2D eigenvalue weighted by Gasteiger charge is -2.26. The minimum atomic E-state index is 0.880. The van der Waals surface area contributed by atoms with E-state index in [1.807, 2.05) is 0 Å². The summed E-state index contributed by atoms with van der Waals surface area (Å²) < 4.78 is 0. The summed E-state index contributed by atoms with van der Waals surface area (Å²) in [6.45, 7) is 3.83. The van der Waals surface area contributed by atoms with Gasteiger partial charge in [-0.1, -0.05) is 0 Å². The van der Waals surface area contributed by atoms with Crippen LogP contribution in [-0.2, 0) is 0 Å². The van der Waals surface area contributed by atoms with Crippen molar-refractivity contribution in [2.75, 3.05) is 13.6 Å². The summed E-state index contributed by atoms with van der Waals surface area (Å²) in [5.41, 5.74) is 0. The van der Waals surface area contributed by atoms with Gasteiger partial charge in [0.05, 0.1) is 0 Å². The molecule has 2 bridgehead atoms. The van der Waals surface area contributed by atoms with Gasteiger partial charge in [-0.15, -0.1) is 0 Å². The highest BCUT2D eigenvalue weighted by molar-refractivity contribution is 5.04. The molecule has 1 nitrogen and oxygen atoms in total. The highest BCUT2D eigenvalue weighted by atomic mass is 15.2. The third kappa shape index (κ3) is 0.736. The van der Waals surface area contributed by atoms with Crippen LogP contribution in [0.5, 0.6) is 0 Å². The van der Waals surface area contributed by atoms with E-state index in [0.29, 0.717) is 0 Å². The molecule has 68 valence electrons. The number of fused-ring (bicyclic) bond motifs is 5. The van der Waals surface area contributed by atoms with E-state index in [-0.39, 0.29) is 0 Å². The van der Waals surface area contributed by atoms with Crippen LogP contribution in [0.1, 0.15) is 26.2 Å². The molecule has 3 fully saturated rings. The van der Waals surface area contributed by atoms with E-state index in [4.69, 9.17) is 0 Å². The molecule has 0 aromatic carbocycles. The van der Waals surface area contributed by atoms with Gasteiger partial charge >= 0.3 is 0 Å². The monoisotopic (exact) mass is 165 g/mol. The van der Waals surface area contributed by atoms with Crippen LogP contribution in [0.15, 0.2) is 0 Å². The Morgan fingerprint density at radius 2 is 1.92 bits per heavy atom. The van der Waals surface area contributed by atoms with Gasteiger partial charge in [-0.25, -0.2) is 0 Å². The van der Waals surface area contributed by atoms with E-state index < -0.39 is 0 Å². The molecular formula is C11H19N. The summed E-state index contributed by atoms with van der Waals surface area (Å²) in [4.78, 5) is 2.58. The van der Waals surface area contributed by atoms with Gasteiger partial charge in [0.25, 0.3) is 0 Å². The van der Waals surface area contributed by atoms with Crippen molar-refractivity contribution < 1.29 is 0 Å². The molecule has 1 heteroatoms. The molecule has 2 saturated carbocycles. The largest absolute Gasteiger partial charge is 0.303 e. The van der Waals surface area contributed by atoms with Crippen LogP contribution >= 0.6 is 0 Å². The molecule has 0 aromatic heterocycles. The normalized spacial score (nSPS) is 58.0. The standard InChI is InChI=1S/C11H19N/c1-7-11-9-4-3-8(5-9)10(11)6-12(7)2/h7-11H,3-6H2,1-2H3/t7?,8?,9?,10-,11+/m1/s1. The van der Waals surface area contributed by atoms with Gasteiger partial charge < -0.3 is 4.90 Å². The Morgan fingerprint density at radius 1 is 1.17 bits per heavy atom. The van der Waals surface area contributed by atoms with Crippen molar-refractivity contribution in [1.82, 2.24) is 4.90 Å². The minimum Gasteiger partial charge on any atom is -0.303 e. The van der Waals surface area contributed by atoms with Gasteiger partial charge in [0.15, 0.2) is 0 Å². The molecule has 0 radical (unpaired) electrons. The van der Waals surface area contributed by atoms with Crippen LogP contribution in [0, 0.1) is 23.7 Å². The molecule has 0 N–H and O–H groups in total. The maximum absolute atomic E-state index is 2.58. The van der Waals surface area contributed by atoms with Crippen LogP contribution in [0.25, 0.3) is 0 Å². The van der Waals surface area contributed by atoms with Crippen LogP contribution in [-0.4, -0.2) is 24.5 Å². The average Bonchev–Trinajstić information content (AvgIpc) is 2.66. The van der Waals surface area contributed by atoms with E-state index in [1.165, 1.54) is 6.54 Å². The predicted octanol–water partition coefficient (Wildman–Crippen LogP) is 1.98. The van der Waals surface area contributed by atoms with Crippen molar-refractivity contribution in [3.05, 3.63) is 0 Å². The van der Waals surface area contributed by atoms with Crippen LogP contribution in [0.3, 0.4) is 0 Å². The molecule has 1 heterocycles. The second-order valence-corrected chi connectivity index (χ2v) is 5.25. The minimum absolute atomic E-state index is 0.880. The first-order valence-electron chi connectivity index (χ1n) is 5.47. The van der Waals surface area contributed by atoms with Crippen molar-refractivity contribution in [2.45, 2.75) is 32.2 Å². The fourth-order valence-corrected chi connectivity index (χ4v) is 4.27. The maximum Gasteiger partial charge on any atom is 0.00981 e. The lowest BCUT2D eigenvalue weighted by Crippen LogP contribution is -2.29. The summed E-state index contributed by atoms with van der Waals surface area (Å²) in [7, 11) is 2.31. The van der Waals surface area contributed by atoms with Gasteiger partial charge in [-0.2, -0.15) is 0 Å². The lowest BCUT2D eigenvalue weighted by molar-refractivity contribution is 0.232. The van der Waals surface area contributed by atoms with Crippen LogP contribution in [0.2, 0.25) is 0 Å². The van der Waals surface area contributed by atoms with Gasteiger partial charge in [-0.05, 0) is 56.9 Å². The lowest BCUT2D eigenvalue weighted by atomic mass is 9.79. The van der Waals surface area contributed by atoms with E-state index in [0.717, 1.165) is 29.7 Å². The molecule has 0 amide bonds. The Morgan fingerprint density at radius 3 is 2.67 bits per heavy atom. The topological polar surface area (TPSA) is 3.24 Å². The first kappa shape index (κ1) is 7.37. The second-order valence-electron chi connectivity index (χ2n) is 5.25. The molecule has 2 aliphatic carbocycles. The summed E-state index contributed by atoms with van der Waals surface area (Å²) in [6, 6.07) is 0.880. The Labute approximate surface area is 75.1 Å². The van der Waals surface area contributed by atoms with Crippen molar-refractivity contribution in [1.29, 1.82) is 0 Å². The molecule has 3 unspecified atom stereocenters. The highest BCUT2D eigenvalue weighted by Gasteiger charge is 2.53. The van der Waals surface area contributed by atoms with Crippen molar-refractivity contribution in [3.63, 3.8) is 0 Å². The highest BCUT2D eigenvalue weighted by Crippen LogP contribution is 2.56. The molecule has 3 rings (SSSR count). The fourth-order valence-electron chi connectivity index (χ4n) is 4.27. The zero-order valence-corrected chi connectivity index (χ0v) is 8.16. The molecule has 0 aromatic rings. The second kappa shape index (κ2) is 2.25. The average molecular weight is 165 g/mol. The molecule has 0 spiro atoms. The smallest absolute Gasteiger partial charge is 0.00981 e. The van der Waals surface area contributed by atoms with Crippen LogP contribution < -0.4 is 0 Å². The van der Waals surface area contributed by atoms with Gasteiger partial charge in [0, 0.05) is 12.6 Å². The zero-order valence-electron chi connectivity index (χ0n) is 8.16. The molecule has 5 atom stereocenters. The summed E-state index contributed by atoms with van der Waals surface area (Å²) >= 11 is 0. The van der Waals surface area contributed by atoms with Gasteiger partial charge in [-0.3, -0.25) is 0 Å². The van der Waals surface area contributed by atoms with Crippen molar-refractivity contribution in [2.24, 2.45) is 23.7 Å². The summed E-state index contributed by atoms with van der Waals surface area (Å²) in [5.74, 6) is 4.39. The number of rotatable bonds is 0. The van der Waals surface area contributed by atoms with Gasteiger partial charge in [0.1, 0.15) is 0 Å². The van der Waals surface area contributed by atoms with Crippen LogP contribution in [0.4, 0.5) is 0 Å².